The summed E-state index contributed by atoms with van der Waals surface area (Å²) in [4.78, 5) is 26.5. The van der Waals surface area contributed by atoms with Gasteiger partial charge >= 0.3 is 0 Å². The lowest BCUT2D eigenvalue weighted by atomic mass is 9.89. The molecule has 170 valence electrons. The van der Waals surface area contributed by atoms with Gasteiger partial charge in [-0.25, -0.2) is 14.4 Å². The fraction of sp³-hybridized carbons (Fsp3) is 0.542. The molecule has 32 heavy (non-hydrogen) atoms. The Morgan fingerprint density at radius 2 is 1.94 bits per heavy atom. The summed E-state index contributed by atoms with van der Waals surface area (Å²) in [6.45, 7) is 5.61. The molecule has 6 nitrogen and oxygen atoms in total. The van der Waals surface area contributed by atoms with E-state index < -0.39 is 6.17 Å². The van der Waals surface area contributed by atoms with E-state index in [0.717, 1.165) is 36.3 Å². The van der Waals surface area contributed by atoms with Gasteiger partial charge in [-0.1, -0.05) is 30.7 Å². The van der Waals surface area contributed by atoms with Crippen molar-refractivity contribution in [2.75, 3.05) is 37.6 Å². The van der Waals surface area contributed by atoms with Crippen molar-refractivity contribution in [3.8, 4) is 0 Å². The number of hydrogen-bond donors (Lipinski definition) is 1. The van der Waals surface area contributed by atoms with Crippen LogP contribution < -0.4 is 10.2 Å². The molecule has 4 atom stereocenters. The second-order valence-electron chi connectivity index (χ2n) is 9.14. The number of anilines is 1. The highest BCUT2D eigenvalue weighted by Gasteiger charge is 2.38. The second-order valence-corrected chi connectivity index (χ2v) is 9.58. The van der Waals surface area contributed by atoms with Crippen LogP contribution in [0.4, 0.5) is 10.2 Å². The summed E-state index contributed by atoms with van der Waals surface area (Å²) in [5.41, 5.74) is 2.49. The molecule has 1 unspecified atom stereocenters. The van der Waals surface area contributed by atoms with E-state index in [1.165, 1.54) is 6.33 Å². The molecule has 8 heteroatoms. The summed E-state index contributed by atoms with van der Waals surface area (Å²) < 4.78 is 14.3. The highest BCUT2D eigenvalue weighted by Crippen LogP contribution is 2.44. The van der Waals surface area contributed by atoms with Gasteiger partial charge in [0.05, 0.1) is 11.6 Å². The zero-order valence-electron chi connectivity index (χ0n) is 18.3. The molecular formula is C24H29ClFN5O. The molecule has 1 aromatic heterocycles. The lowest BCUT2D eigenvalue weighted by molar-refractivity contribution is -0.133. The van der Waals surface area contributed by atoms with Gasteiger partial charge in [0.2, 0.25) is 5.91 Å². The standard InChI is InChI=1S/C24H29ClFN5O/c1-15-13-18(26)22-20(15)23(29-14-28-22)30-9-11-31(12-10-30)24(32)21(19-3-2-8-27-19)16-4-6-17(25)7-5-16/h4-7,14-15,18-19,21,27H,2-3,8-13H2,1H3/t15?,18-,19+,21+/m1/s1. The average Bonchev–Trinajstić information content (AvgIpc) is 3.44. The van der Waals surface area contributed by atoms with Crippen LogP contribution >= 0.6 is 11.6 Å². The number of nitrogens with zero attached hydrogens (tertiary/aromatic N) is 4. The normalized spacial score (nSPS) is 26.3. The van der Waals surface area contributed by atoms with Crippen LogP contribution in [0.25, 0.3) is 0 Å². The van der Waals surface area contributed by atoms with Gasteiger partial charge in [-0.05, 0) is 49.4 Å². The van der Waals surface area contributed by atoms with Crippen LogP contribution in [0.15, 0.2) is 30.6 Å². The van der Waals surface area contributed by atoms with E-state index in [1.54, 1.807) is 0 Å². The summed E-state index contributed by atoms with van der Waals surface area (Å²) in [5, 5.41) is 4.19. The zero-order valence-corrected chi connectivity index (χ0v) is 19.1. The van der Waals surface area contributed by atoms with Crippen molar-refractivity contribution in [3.63, 3.8) is 0 Å². The van der Waals surface area contributed by atoms with Crippen molar-refractivity contribution in [3.05, 3.63) is 52.4 Å². The van der Waals surface area contributed by atoms with Crippen molar-refractivity contribution in [2.45, 2.75) is 50.2 Å². The first kappa shape index (κ1) is 21.6. The van der Waals surface area contributed by atoms with E-state index in [0.29, 0.717) is 43.3 Å². The monoisotopic (exact) mass is 457 g/mol. The van der Waals surface area contributed by atoms with Crippen LogP contribution in [0.2, 0.25) is 5.02 Å². The molecule has 1 aliphatic carbocycles. The topological polar surface area (TPSA) is 61.4 Å². The van der Waals surface area contributed by atoms with E-state index in [4.69, 9.17) is 11.6 Å². The molecule has 0 spiro atoms. The molecule has 2 saturated heterocycles. The number of carbonyl (C=O) groups is 1. The maximum absolute atomic E-state index is 14.3. The number of rotatable bonds is 4. The smallest absolute Gasteiger partial charge is 0.231 e. The largest absolute Gasteiger partial charge is 0.353 e. The van der Waals surface area contributed by atoms with Crippen molar-refractivity contribution in [1.29, 1.82) is 0 Å². The lowest BCUT2D eigenvalue weighted by Gasteiger charge is -2.38. The molecule has 1 N–H and O–H groups in total. The number of aromatic nitrogens is 2. The van der Waals surface area contributed by atoms with Crippen LogP contribution in [0.3, 0.4) is 0 Å². The summed E-state index contributed by atoms with van der Waals surface area (Å²) in [6, 6.07) is 7.81. The first-order chi connectivity index (χ1) is 15.5. The third-order valence-corrected chi connectivity index (χ3v) is 7.38. The van der Waals surface area contributed by atoms with Crippen LogP contribution in [-0.2, 0) is 4.79 Å². The minimum atomic E-state index is -1.01. The van der Waals surface area contributed by atoms with E-state index in [9.17, 15) is 9.18 Å². The fourth-order valence-corrected chi connectivity index (χ4v) is 5.59. The van der Waals surface area contributed by atoms with Crippen molar-refractivity contribution in [2.24, 2.45) is 0 Å². The maximum atomic E-state index is 14.3. The summed E-state index contributed by atoms with van der Waals surface area (Å²) in [5.74, 6) is 0.897. The number of fused-ring (bicyclic) bond motifs is 1. The van der Waals surface area contributed by atoms with E-state index in [-0.39, 0.29) is 23.8 Å². The summed E-state index contributed by atoms with van der Waals surface area (Å²) >= 11 is 6.09. The first-order valence-corrected chi connectivity index (χ1v) is 11.9. The Balaban J connectivity index is 1.32. The highest BCUT2D eigenvalue weighted by molar-refractivity contribution is 6.30. The Hall–Kier alpha value is -2.25. The van der Waals surface area contributed by atoms with Crippen molar-refractivity contribution in [1.82, 2.24) is 20.2 Å². The fourth-order valence-electron chi connectivity index (χ4n) is 5.46. The Morgan fingerprint density at radius 3 is 2.62 bits per heavy atom. The third-order valence-electron chi connectivity index (χ3n) is 7.13. The van der Waals surface area contributed by atoms with E-state index in [2.05, 4.69) is 20.2 Å². The summed E-state index contributed by atoms with van der Waals surface area (Å²) in [7, 11) is 0. The summed E-state index contributed by atoms with van der Waals surface area (Å²) in [6.07, 6.45) is 3.01. The molecule has 3 aliphatic rings. The molecule has 2 aromatic rings. The van der Waals surface area contributed by atoms with Gasteiger partial charge < -0.3 is 15.1 Å². The predicted molar refractivity (Wildman–Crippen MR) is 123 cm³/mol. The quantitative estimate of drug-likeness (QED) is 0.756. The molecule has 0 saturated carbocycles. The van der Waals surface area contributed by atoms with Gasteiger partial charge in [-0.15, -0.1) is 0 Å². The molecule has 0 bridgehead atoms. The lowest BCUT2D eigenvalue weighted by Crippen LogP contribution is -2.52. The zero-order chi connectivity index (χ0) is 22.2. The van der Waals surface area contributed by atoms with Crippen LogP contribution in [0, 0.1) is 0 Å². The second kappa shape index (κ2) is 8.94. The van der Waals surface area contributed by atoms with Gasteiger partial charge in [-0.2, -0.15) is 0 Å². The van der Waals surface area contributed by atoms with Gasteiger partial charge in [0.15, 0.2) is 0 Å². The number of hydrogen-bond acceptors (Lipinski definition) is 5. The van der Waals surface area contributed by atoms with E-state index >= 15 is 0 Å². The van der Waals surface area contributed by atoms with Gasteiger partial charge in [0.25, 0.3) is 0 Å². The molecule has 1 aromatic carbocycles. The molecular weight excluding hydrogens is 429 g/mol. The maximum Gasteiger partial charge on any atom is 0.231 e. The SMILES string of the molecule is CC1C[C@@H](F)c2ncnc(N3CCN(C(=O)[C@@H](c4ccc(Cl)cc4)[C@@H]4CCCN4)CC3)c21. The van der Waals surface area contributed by atoms with Gasteiger partial charge in [-0.3, -0.25) is 4.79 Å². The number of amides is 1. The number of halogens is 2. The molecule has 1 amide bonds. The number of alkyl halides is 1. The Morgan fingerprint density at radius 1 is 1.19 bits per heavy atom. The van der Waals surface area contributed by atoms with Gasteiger partial charge in [0, 0.05) is 42.8 Å². The molecule has 2 fully saturated rings. The van der Waals surface area contributed by atoms with Crippen molar-refractivity contribution < 1.29 is 9.18 Å². The number of benzene rings is 1. The van der Waals surface area contributed by atoms with Crippen LogP contribution in [-0.4, -0.2) is 59.5 Å². The van der Waals surface area contributed by atoms with Crippen molar-refractivity contribution >= 4 is 23.3 Å². The molecule has 0 radical (unpaired) electrons. The molecule has 3 heterocycles. The first-order valence-electron chi connectivity index (χ1n) is 11.5. The minimum absolute atomic E-state index is 0.110. The number of nitrogens with one attached hydrogen (secondary N) is 1. The van der Waals surface area contributed by atoms with Crippen LogP contribution in [0.1, 0.15) is 61.0 Å². The Kier molecular flexibility index (Phi) is 6.03. The predicted octanol–water partition coefficient (Wildman–Crippen LogP) is 3.83. The third kappa shape index (κ3) is 3.97. The van der Waals surface area contributed by atoms with Gasteiger partial charge in [0.1, 0.15) is 18.3 Å². The molecule has 2 aliphatic heterocycles. The van der Waals surface area contributed by atoms with Crippen LogP contribution in [0.5, 0.6) is 0 Å². The average molecular weight is 458 g/mol. The number of piperazine rings is 1. The number of carbonyl (C=O) groups excluding carboxylic acids is 1. The molecule has 5 rings (SSSR count). The minimum Gasteiger partial charge on any atom is -0.353 e. The van der Waals surface area contributed by atoms with E-state index in [1.807, 2.05) is 36.1 Å². The Labute approximate surface area is 193 Å². The Bertz CT molecular complexity index is 973. The highest BCUT2D eigenvalue weighted by atomic mass is 35.5.